The largest absolute Gasteiger partial charge is 0.384 e. The first-order chi connectivity index (χ1) is 8.58. The molecule has 0 atom stereocenters. The third-order valence-corrected chi connectivity index (χ3v) is 3.10. The first kappa shape index (κ1) is 12.8. The number of nitrogens with two attached hydrogens (primary N) is 1. The predicted octanol–water partition coefficient (Wildman–Crippen LogP) is 2.73. The van der Waals surface area contributed by atoms with E-state index in [2.05, 4.69) is 31.2 Å². The van der Waals surface area contributed by atoms with Crippen molar-refractivity contribution in [2.45, 2.75) is 0 Å². The monoisotopic (exact) mass is 326 g/mol. The lowest BCUT2D eigenvalue weighted by molar-refractivity contribution is 0.102. The summed E-state index contributed by atoms with van der Waals surface area (Å²) in [6.07, 6.45) is 4.48. The standard InChI is InChI=1S/C11H8BrClN4O/c12-7-4-16-10(14)3-6(7)11(18)17-9-5-15-2-1-8(9)13/h1-5H,(H2,14,16)(H,17,18). The molecule has 2 aromatic heterocycles. The van der Waals surface area contributed by atoms with Crippen molar-refractivity contribution in [2.75, 3.05) is 11.1 Å². The van der Waals surface area contributed by atoms with Crippen LogP contribution in [0, 0.1) is 0 Å². The highest BCUT2D eigenvalue weighted by molar-refractivity contribution is 9.10. The summed E-state index contributed by atoms with van der Waals surface area (Å²) >= 11 is 9.16. The summed E-state index contributed by atoms with van der Waals surface area (Å²) in [6, 6.07) is 3.07. The second-order valence-electron chi connectivity index (χ2n) is 3.40. The van der Waals surface area contributed by atoms with Gasteiger partial charge in [-0.15, -0.1) is 0 Å². The topological polar surface area (TPSA) is 80.9 Å². The quantitative estimate of drug-likeness (QED) is 0.888. The first-order valence-electron chi connectivity index (χ1n) is 4.90. The lowest BCUT2D eigenvalue weighted by Crippen LogP contribution is -2.13. The number of aromatic nitrogens is 2. The van der Waals surface area contributed by atoms with Gasteiger partial charge in [-0.3, -0.25) is 9.78 Å². The van der Waals surface area contributed by atoms with Crippen LogP contribution in [0.2, 0.25) is 5.02 Å². The van der Waals surface area contributed by atoms with Crippen LogP contribution in [-0.4, -0.2) is 15.9 Å². The molecule has 0 spiro atoms. The van der Waals surface area contributed by atoms with Crippen molar-refractivity contribution in [1.82, 2.24) is 9.97 Å². The molecule has 2 rings (SSSR count). The third kappa shape index (κ3) is 2.77. The molecular weight excluding hydrogens is 320 g/mol. The Hall–Kier alpha value is -1.66. The highest BCUT2D eigenvalue weighted by Gasteiger charge is 2.12. The van der Waals surface area contributed by atoms with Gasteiger partial charge >= 0.3 is 0 Å². The minimum Gasteiger partial charge on any atom is -0.384 e. The minimum atomic E-state index is -0.342. The van der Waals surface area contributed by atoms with Gasteiger partial charge in [0, 0.05) is 16.9 Å². The number of rotatable bonds is 2. The molecule has 0 saturated carbocycles. The fourth-order valence-corrected chi connectivity index (χ4v) is 1.84. The number of carbonyl (C=O) groups excluding carboxylic acids is 1. The number of anilines is 2. The number of pyridine rings is 2. The van der Waals surface area contributed by atoms with Gasteiger partial charge in [-0.2, -0.15) is 0 Å². The average Bonchev–Trinajstić information content (AvgIpc) is 2.35. The van der Waals surface area contributed by atoms with E-state index < -0.39 is 0 Å². The molecule has 7 heteroatoms. The fraction of sp³-hybridized carbons (Fsp3) is 0. The van der Waals surface area contributed by atoms with Gasteiger partial charge in [0.1, 0.15) is 5.82 Å². The molecule has 0 radical (unpaired) electrons. The number of amides is 1. The number of carbonyl (C=O) groups is 1. The maximum atomic E-state index is 12.0. The normalized spacial score (nSPS) is 10.1. The van der Waals surface area contributed by atoms with E-state index in [1.165, 1.54) is 18.5 Å². The molecule has 2 aromatic rings. The van der Waals surface area contributed by atoms with Crippen molar-refractivity contribution >= 4 is 44.9 Å². The summed E-state index contributed by atoms with van der Waals surface area (Å²) in [5.74, 6) is -0.0773. The molecule has 5 nitrogen and oxygen atoms in total. The molecule has 0 bridgehead atoms. The average molecular weight is 328 g/mol. The van der Waals surface area contributed by atoms with E-state index >= 15 is 0 Å². The molecule has 3 N–H and O–H groups in total. The smallest absolute Gasteiger partial charge is 0.257 e. The molecule has 92 valence electrons. The Kier molecular flexibility index (Phi) is 3.78. The fourth-order valence-electron chi connectivity index (χ4n) is 1.29. The van der Waals surface area contributed by atoms with Gasteiger partial charge in [0.25, 0.3) is 5.91 Å². The van der Waals surface area contributed by atoms with Crippen LogP contribution < -0.4 is 11.1 Å². The van der Waals surface area contributed by atoms with Gasteiger partial charge in [0.05, 0.1) is 22.5 Å². The molecule has 0 aromatic carbocycles. The molecule has 18 heavy (non-hydrogen) atoms. The molecule has 2 heterocycles. The van der Waals surface area contributed by atoms with Crippen molar-refractivity contribution in [2.24, 2.45) is 0 Å². The van der Waals surface area contributed by atoms with E-state index in [0.29, 0.717) is 20.7 Å². The molecule has 0 aliphatic carbocycles. The summed E-state index contributed by atoms with van der Waals surface area (Å²) in [5, 5.41) is 3.06. The van der Waals surface area contributed by atoms with Gasteiger partial charge in [0.2, 0.25) is 0 Å². The Labute approximate surface area is 117 Å². The Morgan fingerprint density at radius 2 is 2.22 bits per heavy atom. The van der Waals surface area contributed by atoms with Crippen LogP contribution in [0.1, 0.15) is 10.4 Å². The lowest BCUT2D eigenvalue weighted by atomic mass is 10.2. The van der Waals surface area contributed by atoms with Crippen molar-refractivity contribution < 1.29 is 4.79 Å². The van der Waals surface area contributed by atoms with Gasteiger partial charge in [0.15, 0.2) is 0 Å². The van der Waals surface area contributed by atoms with Gasteiger partial charge in [-0.05, 0) is 28.1 Å². The van der Waals surface area contributed by atoms with Crippen molar-refractivity contribution in [3.8, 4) is 0 Å². The van der Waals surface area contributed by atoms with Gasteiger partial charge in [-0.25, -0.2) is 4.98 Å². The summed E-state index contributed by atoms with van der Waals surface area (Å²) in [5.41, 5.74) is 6.35. The van der Waals surface area contributed by atoms with Gasteiger partial charge in [-0.1, -0.05) is 11.6 Å². The Balaban J connectivity index is 2.28. The van der Waals surface area contributed by atoms with Crippen LogP contribution in [0.15, 0.2) is 35.2 Å². The molecule has 0 aliphatic rings. The predicted molar refractivity (Wildman–Crippen MR) is 73.5 cm³/mol. The van der Waals surface area contributed by atoms with E-state index in [4.69, 9.17) is 17.3 Å². The van der Waals surface area contributed by atoms with Crippen molar-refractivity contribution in [3.63, 3.8) is 0 Å². The Morgan fingerprint density at radius 3 is 2.94 bits per heavy atom. The number of nitrogens with zero attached hydrogens (tertiary/aromatic N) is 2. The number of nitrogen functional groups attached to an aromatic ring is 1. The number of halogens is 2. The van der Waals surface area contributed by atoms with Crippen molar-refractivity contribution in [3.05, 3.63) is 45.8 Å². The number of nitrogens with one attached hydrogen (secondary N) is 1. The van der Waals surface area contributed by atoms with E-state index in [9.17, 15) is 4.79 Å². The SMILES string of the molecule is Nc1cc(C(=O)Nc2cnccc2Cl)c(Br)cn1. The summed E-state index contributed by atoms with van der Waals surface area (Å²) < 4.78 is 0.550. The molecule has 0 aliphatic heterocycles. The molecule has 0 fully saturated rings. The zero-order valence-electron chi connectivity index (χ0n) is 9.02. The Bertz CT molecular complexity index is 605. The minimum absolute atomic E-state index is 0.264. The Morgan fingerprint density at radius 1 is 1.44 bits per heavy atom. The highest BCUT2D eigenvalue weighted by atomic mass is 79.9. The van der Waals surface area contributed by atoms with Crippen LogP contribution in [0.4, 0.5) is 11.5 Å². The van der Waals surface area contributed by atoms with Gasteiger partial charge < -0.3 is 11.1 Å². The van der Waals surface area contributed by atoms with Crippen LogP contribution in [0.25, 0.3) is 0 Å². The zero-order chi connectivity index (χ0) is 13.1. The molecule has 1 amide bonds. The number of hydrogen-bond donors (Lipinski definition) is 2. The molecule has 0 unspecified atom stereocenters. The second kappa shape index (κ2) is 5.32. The maximum absolute atomic E-state index is 12.0. The third-order valence-electron chi connectivity index (χ3n) is 2.14. The summed E-state index contributed by atoms with van der Waals surface area (Å²) in [7, 11) is 0. The molecule has 0 saturated heterocycles. The highest BCUT2D eigenvalue weighted by Crippen LogP contribution is 2.22. The van der Waals surface area contributed by atoms with E-state index in [-0.39, 0.29) is 11.7 Å². The number of hydrogen-bond acceptors (Lipinski definition) is 4. The van der Waals surface area contributed by atoms with Crippen LogP contribution >= 0.6 is 27.5 Å². The van der Waals surface area contributed by atoms with Crippen LogP contribution in [0.3, 0.4) is 0 Å². The summed E-state index contributed by atoms with van der Waals surface area (Å²) in [6.45, 7) is 0. The van der Waals surface area contributed by atoms with Crippen LogP contribution in [0.5, 0.6) is 0 Å². The maximum Gasteiger partial charge on any atom is 0.257 e. The van der Waals surface area contributed by atoms with E-state index in [1.54, 1.807) is 12.3 Å². The van der Waals surface area contributed by atoms with E-state index in [0.717, 1.165) is 0 Å². The van der Waals surface area contributed by atoms with Crippen LogP contribution in [-0.2, 0) is 0 Å². The van der Waals surface area contributed by atoms with E-state index in [1.807, 2.05) is 0 Å². The second-order valence-corrected chi connectivity index (χ2v) is 4.66. The molecular formula is C11H8BrClN4O. The van der Waals surface area contributed by atoms with Crippen molar-refractivity contribution in [1.29, 1.82) is 0 Å². The first-order valence-corrected chi connectivity index (χ1v) is 6.07. The lowest BCUT2D eigenvalue weighted by Gasteiger charge is -2.08. The zero-order valence-corrected chi connectivity index (χ0v) is 11.4. The summed E-state index contributed by atoms with van der Waals surface area (Å²) in [4.78, 5) is 19.8.